The molecule has 0 aromatic heterocycles. The monoisotopic (exact) mass is 610 g/mol. The van der Waals surface area contributed by atoms with Gasteiger partial charge in [-0.1, -0.05) is 78.5 Å². The minimum atomic E-state index is -1.14. The largest absolute Gasteiger partial charge is 0.462 e. The first-order valence-corrected chi connectivity index (χ1v) is 15.1. The molecule has 1 rings (SSSR count). The van der Waals surface area contributed by atoms with E-state index in [9.17, 15) is 34.8 Å². The third-order valence-corrected chi connectivity index (χ3v) is 8.73. The second-order valence-corrected chi connectivity index (χ2v) is 12.4. The molecule has 11 heteroatoms. The molecular weight excluding hydrogens is 556 g/mol. The highest BCUT2D eigenvalue weighted by molar-refractivity contribution is 5.79. The van der Waals surface area contributed by atoms with Crippen LogP contribution in [0.15, 0.2) is 37.0 Å². The van der Waals surface area contributed by atoms with Crippen molar-refractivity contribution in [2.24, 2.45) is 47.2 Å². The van der Waals surface area contributed by atoms with Crippen LogP contribution < -0.4 is 5.73 Å². The highest BCUT2D eigenvalue weighted by Crippen LogP contribution is 2.30. The van der Waals surface area contributed by atoms with Gasteiger partial charge in [0.05, 0.1) is 36.3 Å². The second-order valence-electron chi connectivity index (χ2n) is 12.4. The van der Waals surface area contributed by atoms with Gasteiger partial charge >= 0.3 is 12.1 Å². The molecule has 0 saturated carbocycles. The summed E-state index contributed by atoms with van der Waals surface area (Å²) < 4.78 is 10.7. The number of carbonyl (C=O) groups is 3. The minimum absolute atomic E-state index is 0.121. The molecule has 246 valence electrons. The summed E-state index contributed by atoms with van der Waals surface area (Å²) in [7, 11) is 1.60. The van der Waals surface area contributed by atoms with Crippen molar-refractivity contribution in [3.63, 3.8) is 0 Å². The molecule has 1 fully saturated rings. The quantitative estimate of drug-likeness (QED) is 0.0996. The smallest absolute Gasteiger partial charge is 0.404 e. The summed E-state index contributed by atoms with van der Waals surface area (Å²) in [6.07, 6.45) is 2.24. The van der Waals surface area contributed by atoms with Gasteiger partial charge in [0.15, 0.2) is 0 Å². The van der Waals surface area contributed by atoms with Gasteiger partial charge in [-0.05, 0) is 6.92 Å². The zero-order chi connectivity index (χ0) is 33.2. The number of aliphatic hydroxyl groups excluding tert-OH is 4. The topological polar surface area (TPSA) is 180 Å². The van der Waals surface area contributed by atoms with E-state index in [0.717, 1.165) is 0 Å². The Balaban J connectivity index is 2.76. The number of aliphatic hydroxyl groups is 4. The van der Waals surface area contributed by atoms with Gasteiger partial charge in [-0.2, -0.15) is 0 Å². The van der Waals surface area contributed by atoms with Gasteiger partial charge in [0.2, 0.25) is 5.91 Å². The average molecular weight is 611 g/mol. The van der Waals surface area contributed by atoms with Crippen LogP contribution in [-0.4, -0.2) is 93.5 Å². The summed E-state index contributed by atoms with van der Waals surface area (Å²) in [5, 5.41) is 42.7. The van der Waals surface area contributed by atoms with Crippen LogP contribution >= 0.6 is 0 Å². The van der Waals surface area contributed by atoms with Crippen LogP contribution in [0.2, 0.25) is 0 Å². The number of rotatable bonds is 16. The third kappa shape index (κ3) is 11.0. The first kappa shape index (κ1) is 38.3. The van der Waals surface area contributed by atoms with Gasteiger partial charge in [0.25, 0.3) is 0 Å². The number of allylic oxidation sites excluding steroid dienone is 2. The molecule has 6 N–H and O–H groups in total. The summed E-state index contributed by atoms with van der Waals surface area (Å²) in [6, 6.07) is 0. The van der Waals surface area contributed by atoms with E-state index < -0.39 is 66.4 Å². The van der Waals surface area contributed by atoms with Crippen LogP contribution in [-0.2, 0) is 19.1 Å². The molecule has 0 aromatic carbocycles. The number of hydrogen-bond donors (Lipinski definition) is 5. The number of cyclic esters (lactones) is 1. The average Bonchev–Trinajstić information content (AvgIpc) is 2.96. The van der Waals surface area contributed by atoms with E-state index in [1.165, 1.54) is 11.0 Å². The highest BCUT2D eigenvalue weighted by Gasteiger charge is 2.41. The Kier molecular flexibility index (Phi) is 15.6. The molecule has 2 amide bonds. The molecule has 0 aliphatic carbocycles. The van der Waals surface area contributed by atoms with Gasteiger partial charge < -0.3 is 40.5 Å². The number of primary amides is 1. The number of nitrogens with zero attached hydrogens (tertiary/aromatic N) is 1. The molecule has 1 heterocycles. The fourth-order valence-electron chi connectivity index (χ4n) is 5.66. The Morgan fingerprint density at radius 2 is 1.65 bits per heavy atom. The van der Waals surface area contributed by atoms with Crippen LogP contribution in [0, 0.1) is 41.4 Å². The summed E-state index contributed by atoms with van der Waals surface area (Å²) in [6.45, 7) is 15.9. The third-order valence-electron chi connectivity index (χ3n) is 8.73. The standard InChI is InChI=1S/C32H54N2O9/c1-10-11-12-18(3)29(43-32(33)41)21(6)28(38)22(7)30(39)34(9)16-19(4)26(36)17(2)13-14-24(35)15-25-20(5)27(37)23(8)31(40)42-25/h10-14,17-29,35-38H,1,15-16H2,2-9H3,(H2,33,41)/b12-11-,14-13-/t17-,18-,19-,20?,21?,22?,23+,24?,25-,26-,27?,28?,29?/m0/s1. The Labute approximate surface area is 256 Å². The lowest BCUT2D eigenvalue weighted by molar-refractivity contribution is -0.179. The van der Waals surface area contributed by atoms with Crippen molar-refractivity contribution in [2.75, 3.05) is 13.6 Å². The SMILES string of the molecule is C=C/C=C\[C@H](C)C(OC(N)=O)C(C)C(O)C(C)C(=O)N(C)C[C@H](C)[C@@H](O)[C@@H](C)/C=C\C(O)C[C@@H]1OC(=O)[C@H](C)C(O)C1C. The first-order valence-electron chi connectivity index (χ1n) is 15.1. The van der Waals surface area contributed by atoms with Crippen molar-refractivity contribution >= 4 is 18.0 Å². The number of carbonyl (C=O) groups excluding carboxylic acids is 3. The van der Waals surface area contributed by atoms with Crippen molar-refractivity contribution in [3.05, 3.63) is 37.0 Å². The van der Waals surface area contributed by atoms with Crippen LogP contribution in [0.3, 0.4) is 0 Å². The van der Waals surface area contributed by atoms with E-state index in [4.69, 9.17) is 15.2 Å². The van der Waals surface area contributed by atoms with Crippen molar-refractivity contribution in [1.29, 1.82) is 0 Å². The zero-order valence-corrected chi connectivity index (χ0v) is 26.9. The molecule has 0 spiro atoms. The van der Waals surface area contributed by atoms with E-state index in [-0.39, 0.29) is 42.5 Å². The van der Waals surface area contributed by atoms with E-state index in [2.05, 4.69) is 6.58 Å². The van der Waals surface area contributed by atoms with Crippen molar-refractivity contribution < 1.29 is 44.3 Å². The maximum atomic E-state index is 13.2. The van der Waals surface area contributed by atoms with Crippen LogP contribution in [0.4, 0.5) is 4.79 Å². The first-order chi connectivity index (χ1) is 19.9. The second kappa shape index (κ2) is 17.5. The summed E-state index contributed by atoms with van der Waals surface area (Å²) in [5.41, 5.74) is 5.26. The minimum Gasteiger partial charge on any atom is -0.462 e. The molecule has 0 radical (unpaired) electrons. The molecular formula is C32H54N2O9. The van der Waals surface area contributed by atoms with Crippen molar-refractivity contribution in [2.45, 2.75) is 91.5 Å². The maximum Gasteiger partial charge on any atom is 0.404 e. The van der Waals surface area contributed by atoms with E-state index in [0.29, 0.717) is 0 Å². The lowest BCUT2D eigenvalue weighted by atomic mass is 9.83. The zero-order valence-electron chi connectivity index (χ0n) is 26.9. The number of nitrogens with two attached hydrogens (primary N) is 1. The van der Waals surface area contributed by atoms with Crippen molar-refractivity contribution in [1.82, 2.24) is 4.90 Å². The van der Waals surface area contributed by atoms with E-state index in [1.54, 1.807) is 72.9 Å². The number of ether oxygens (including phenoxy) is 2. The Hall–Kier alpha value is -2.73. The van der Waals surface area contributed by atoms with Gasteiger partial charge in [-0.15, -0.1) is 0 Å². The van der Waals surface area contributed by atoms with Gasteiger partial charge in [0, 0.05) is 49.6 Å². The van der Waals surface area contributed by atoms with E-state index >= 15 is 0 Å². The molecule has 43 heavy (non-hydrogen) atoms. The Morgan fingerprint density at radius 1 is 1.05 bits per heavy atom. The molecule has 0 bridgehead atoms. The summed E-state index contributed by atoms with van der Waals surface area (Å²) >= 11 is 0. The normalized spacial score (nSPS) is 27.3. The van der Waals surface area contributed by atoms with E-state index in [1.807, 2.05) is 6.92 Å². The highest BCUT2D eigenvalue weighted by atomic mass is 16.6. The fraction of sp³-hybridized carbons (Fsp3) is 0.719. The molecule has 13 atom stereocenters. The van der Waals surface area contributed by atoms with Crippen LogP contribution in [0.1, 0.15) is 54.9 Å². The van der Waals surface area contributed by atoms with Crippen molar-refractivity contribution in [3.8, 4) is 0 Å². The molecule has 1 saturated heterocycles. The lowest BCUT2D eigenvalue weighted by Crippen LogP contribution is -2.47. The van der Waals surface area contributed by atoms with Crippen LogP contribution in [0.25, 0.3) is 0 Å². The molecule has 1 aliphatic rings. The fourth-order valence-corrected chi connectivity index (χ4v) is 5.66. The summed E-state index contributed by atoms with van der Waals surface area (Å²) in [4.78, 5) is 38.2. The lowest BCUT2D eigenvalue weighted by Gasteiger charge is -2.36. The summed E-state index contributed by atoms with van der Waals surface area (Å²) in [5.74, 6) is -4.23. The number of hydrogen-bond acceptors (Lipinski definition) is 9. The van der Waals surface area contributed by atoms with Gasteiger partial charge in [-0.3, -0.25) is 9.59 Å². The van der Waals surface area contributed by atoms with Crippen LogP contribution in [0.5, 0.6) is 0 Å². The number of amides is 2. The molecule has 0 aromatic rings. The van der Waals surface area contributed by atoms with Gasteiger partial charge in [-0.25, -0.2) is 4.79 Å². The van der Waals surface area contributed by atoms with Gasteiger partial charge in [0.1, 0.15) is 12.2 Å². The maximum absolute atomic E-state index is 13.2. The Morgan fingerprint density at radius 3 is 2.21 bits per heavy atom. The predicted molar refractivity (Wildman–Crippen MR) is 163 cm³/mol. The predicted octanol–water partition coefficient (Wildman–Crippen LogP) is 2.42. The molecule has 11 nitrogen and oxygen atoms in total. The number of esters is 1. The Bertz CT molecular complexity index is 986. The molecule has 1 aliphatic heterocycles. The molecule has 7 unspecified atom stereocenters.